The smallest absolute Gasteiger partial charge is 0.340 e. The summed E-state index contributed by atoms with van der Waals surface area (Å²) < 4.78 is 5.44. The van der Waals surface area contributed by atoms with Crippen molar-refractivity contribution >= 4 is 23.6 Å². The zero-order valence-corrected chi connectivity index (χ0v) is 15.9. The number of amides is 1. The van der Waals surface area contributed by atoms with Crippen LogP contribution in [0.5, 0.6) is 0 Å². The molecule has 0 aromatic heterocycles. The van der Waals surface area contributed by atoms with E-state index in [0.717, 1.165) is 30.8 Å². The number of ether oxygens (including phenoxy) is 1. The zero-order chi connectivity index (χ0) is 19.2. The van der Waals surface area contributed by atoms with E-state index in [1.54, 1.807) is 36.1 Å². The molecule has 138 valence electrons. The highest BCUT2D eigenvalue weighted by atomic mass is 32.2. The lowest BCUT2D eigenvalue weighted by atomic mass is 10.2. The molecule has 0 N–H and O–H groups in total. The Kier molecular flexibility index (Phi) is 6.15. The van der Waals surface area contributed by atoms with Gasteiger partial charge in [0.15, 0.2) is 6.10 Å². The van der Waals surface area contributed by atoms with Crippen LogP contribution in [0.1, 0.15) is 35.7 Å². The Balaban J connectivity index is 1.76. The summed E-state index contributed by atoms with van der Waals surface area (Å²) in [6, 6.07) is 16.4. The van der Waals surface area contributed by atoms with E-state index in [2.05, 4.69) is 6.07 Å². The topological polar surface area (TPSA) is 70.4 Å². The second-order valence-corrected chi connectivity index (χ2v) is 7.37. The largest absolute Gasteiger partial charge is 0.449 e. The lowest BCUT2D eigenvalue weighted by molar-refractivity contribution is -0.138. The molecule has 0 bridgehead atoms. The first-order chi connectivity index (χ1) is 13.1. The van der Waals surface area contributed by atoms with E-state index in [1.807, 2.05) is 24.3 Å². The van der Waals surface area contributed by atoms with Gasteiger partial charge in [0.2, 0.25) is 0 Å². The second kappa shape index (κ2) is 8.74. The Morgan fingerprint density at radius 1 is 1.07 bits per heavy atom. The number of rotatable bonds is 5. The SMILES string of the molecule is CC(OC(=O)c1ccccc1Sc1ccccc1C#N)C(=O)N1CCCC1. The predicted octanol–water partition coefficient (Wildman–Crippen LogP) is 3.88. The van der Waals surface area contributed by atoms with Crippen molar-refractivity contribution < 1.29 is 14.3 Å². The maximum absolute atomic E-state index is 12.7. The first-order valence-corrected chi connectivity index (χ1v) is 9.67. The second-order valence-electron chi connectivity index (χ2n) is 6.29. The van der Waals surface area contributed by atoms with Crippen LogP contribution >= 0.6 is 11.8 Å². The molecule has 5 nitrogen and oxygen atoms in total. The van der Waals surface area contributed by atoms with Crippen molar-refractivity contribution in [3.8, 4) is 6.07 Å². The molecule has 1 saturated heterocycles. The van der Waals surface area contributed by atoms with Crippen LogP contribution in [0.15, 0.2) is 58.3 Å². The molecule has 1 aliphatic rings. The van der Waals surface area contributed by atoms with Gasteiger partial charge in [0.05, 0.1) is 11.1 Å². The van der Waals surface area contributed by atoms with E-state index < -0.39 is 12.1 Å². The summed E-state index contributed by atoms with van der Waals surface area (Å²) in [7, 11) is 0. The standard InChI is InChI=1S/C21H20N2O3S/c1-15(20(24)23-12-6-7-13-23)26-21(25)17-9-3-5-11-19(17)27-18-10-4-2-8-16(18)14-22/h2-5,8-11,15H,6-7,12-13H2,1H3. The summed E-state index contributed by atoms with van der Waals surface area (Å²) in [5, 5.41) is 9.26. The Morgan fingerprint density at radius 2 is 1.70 bits per heavy atom. The molecule has 2 aromatic rings. The number of carbonyl (C=O) groups is 2. The molecule has 2 aromatic carbocycles. The summed E-state index contributed by atoms with van der Waals surface area (Å²) in [6.07, 6.45) is 1.16. The van der Waals surface area contributed by atoms with Crippen molar-refractivity contribution in [2.24, 2.45) is 0 Å². The highest BCUT2D eigenvalue weighted by molar-refractivity contribution is 7.99. The Labute approximate surface area is 162 Å². The molecule has 0 radical (unpaired) electrons. The molecule has 1 amide bonds. The van der Waals surface area contributed by atoms with Gasteiger partial charge in [-0.2, -0.15) is 5.26 Å². The quantitative estimate of drug-likeness (QED) is 0.736. The highest BCUT2D eigenvalue weighted by Crippen LogP contribution is 2.33. The highest BCUT2D eigenvalue weighted by Gasteiger charge is 2.27. The molecular formula is C21H20N2O3S. The number of likely N-dealkylation sites (tertiary alicyclic amines) is 1. The molecule has 0 aliphatic carbocycles. The molecule has 0 spiro atoms. The van der Waals surface area contributed by atoms with Crippen LogP contribution in [0, 0.1) is 11.3 Å². The lowest BCUT2D eigenvalue weighted by Crippen LogP contribution is -2.38. The van der Waals surface area contributed by atoms with Crippen LogP contribution in [-0.4, -0.2) is 36.0 Å². The van der Waals surface area contributed by atoms with Crippen LogP contribution in [0.2, 0.25) is 0 Å². The fourth-order valence-corrected chi connectivity index (χ4v) is 3.97. The first kappa shape index (κ1) is 19.0. The molecule has 3 rings (SSSR count). The minimum atomic E-state index is -0.819. The molecule has 1 heterocycles. The van der Waals surface area contributed by atoms with Crippen LogP contribution in [-0.2, 0) is 9.53 Å². The van der Waals surface area contributed by atoms with Gasteiger partial charge in [-0.1, -0.05) is 36.0 Å². The van der Waals surface area contributed by atoms with Gasteiger partial charge in [-0.3, -0.25) is 4.79 Å². The van der Waals surface area contributed by atoms with Crippen molar-refractivity contribution in [1.82, 2.24) is 4.90 Å². The third-order valence-electron chi connectivity index (χ3n) is 4.38. The van der Waals surface area contributed by atoms with Gasteiger partial charge in [0.1, 0.15) is 6.07 Å². The van der Waals surface area contributed by atoms with Crippen molar-refractivity contribution in [1.29, 1.82) is 5.26 Å². The Morgan fingerprint density at radius 3 is 2.41 bits per heavy atom. The fourth-order valence-electron chi connectivity index (χ4n) is 2.96. The van der Waals surface area contributed by atoms with Gasteiger partial charge in [-0.15, -0.1) is 0 Å². The van der Waals surface area contributed by atoms with E-state index in [4.69, 9.17) is 4.74 Å². The van der Waals surface area contributed by atoms with Crippen molar-refractivity contribution in [2.75, 3.05) is 13.1 Å². The first-order valence-electron chi connectivity index (χ1n) is 8.86. The van der Waals surface area contributed by atoms with Crippen LogP contribution in [0.25, 0.3) is 0 Å². The number of nitriles is 1. The summed E-state index contributed by atoms with van der Waals surface area (Å²) in [5.41, 5.74) is 0.930. The van der Waals surface area contributed by atoms with Gasteiger partial charge in [-0.05, 0) is 44.0 Å². The van der Waals surface area contributed by atoms with Gasteiger partial charge >= 0.3 is 5.97 Å². The normalized spacial score (nSPS) is 14.4. The van der Waals surface area contributed by atoms with Crippen LogP contribution in [0.4, 0.5) is 0 Å². The minimum Gasteiger partial charge on any atom is -0.449 e. The van der Waals surface area contributed by atoms with E-state index in [1.165, 1.54) is 11.8 Å². The lowest BCUT2D eigenvalue weighted by Gasteiger charge is -2.20. The van der Waals surface area contributed by atoms with Gasteiger partial charge < -0.3 is 9.64 Å². The monoisotopic (exact) mass is 380 g/mol. The van der Waals surface area contributed by atoms with E-state index in [-0.39, 0.29) is 5.91 Å². The third kappa shape index (κ3) is 4.50. The number of nitrogens with zero attached hydrogens (tertiary/aromatic N) is 2. The van der Waals surface area contributed by atoms with E-state index in [0.29, 0.717) is 16.0 Å². The minimum absolute atomic E-state index is 0.152. The van der Waals surface area contributed by atoms with Crippen molar-refractivity contribution in [2.45, 2.75) is 35.7 Å². The zero-order valence-electron chi connectivity index (χ0n) is 15.1. The third-order valence-corrected chi connectivity index (χ3v) is 5.54. The van der Waals surface area contributed by atoms with E-state index >= 15 is 0 Å². The summed E-state index contributed by atoms with van der Waals surface area (Å²) >= 11 is 1.34. The van der Waals surface area contributed by atoms with E-state index in [9.17, 15) is 14.9 Å². The summed E-state index contributed by atoms with van der Waals surface area (Å²) in [6.45, 7) is 3.05. The molecular weight excluding hydrogens is 360 g/mol. The Hall–Kier alpha value is -2.78. The van der Waals surface area contributed by atoms with Crippen molar-refractivity contribution in [3.05, 3.63) is 59.7 Å². The molecule has 27 heavy (non-hydrogen) atoms. The average Bonchev–Trinajstić information content (AvgIpc) is 3.23. The summed E-state index contributed by atoms with van der Waals surface area (Å²) in [5.74, 6) is -0.687. The number of carbonyl (C=O) groups excluding carboxylic acids is 2. The maximum atomic E-state index is 12.7. The maximum Gasteiger partial charge on any atom is 0.340 e. The van der Waals surface area contributed by atoms with Gasteiger partial charge in [-0.25, -0.2) is 4.79 Å². The average molecular weight is 380 g/mol. The summed E-state index contributed by atoms with van der Waals surface area (Å²) in [4.78, 5) is 28.2. The molecule has 1 aliphatic heterocycles. The molecule has 1 unspecified atom stereocenters. The number of benzene rings is 2. The Bertz CT molecular complexity index is 885. The van der Waals surface area contributed by atoms with Crippen LogP contribution in [0.3, 0.4) is 0 Å². The number of hydrogen-bond donors (Lipinski definition) is 0. The van der Waals surface area contributed by atoms with Gasteiger partial charge in [0.25, 0.3) is 5.91 Å². The predicted molar refractivity (Wildman–Crippen MR) is 102 cm³/mol. The molecule has 1 atom stereocenters. The fraction of sp³-hybridized carbons (Fsp3) is 0.286. The van der Waals surface area contributed by atoms with Crippen molar-refractivity contribution in [3.63, 3.8) is 0 Å². The molecule has 6 heteroatoms. The molecule has 1 fully saturated rings. The number of esters is 1. The number of hydrogen-bond acceptors (Lipinski definition) is 5. The van der Waals surface area contributed by atoms with Crippen LogP contribution < -0.4 is 0 Å². The van der Waals surface area contributed by atoms with Gasteiger partial charge in [0, 0.05) is 22.9 Å². The molecule has 0 saturated carbocycles.